The molecule has 2 unspecified atom stereocenters. The van der Waals surface area contributed by atoms with Crippen LogP contribution in [0.3, 0.4) is 0 Å². The second-order valence-corrected chi connectivity index (χ2v) is 18.8. The van der Waals surface area contributed by atoms with Crippen molar-refractivity contribution in [1.29, 1.82) is 0 Å². The van der Waals surface area contributed by atoms with E-state index in [1.807, 2.05) is 5.32 Å². The Morgan fingerprint density at radius 1 is 0.610 bits per heavy atom. The van der Waals surface area contributed by atoms with Crippen molar-refractivity contribution < 1.29 is 74.1 Å². The van der Waals surface area contributed by atoms with Gasteiger partial charge in [0.05, 0.1) is 0 Å². The van der Waals surface area contributed by atoms with Gasteiger partial charge in [0.1, 0.15) is 12.6 Å². The third-order valence-electron chi connectivity index (χ3n) is 5.51. The van der Waals surface area contributed by atoms with Crippen molar-refractivity contribution in [3.8, 4) is 0 Å². The lowest BCUT2D eigenvalue weighted by Crippen LogP contribution is -2.69. The predicted octanol–water partition coefficient (Wildman–Crippen LogP) is 1.11. The molecule has 0 heterocycles. The van der Waals surface area contributed by atoms with Gasteiger partial charge in [-0.2, -0.15) is 13.2 Å². The van der Waals surface area contributed by atoms with Gasteiger partial charge < -0.3 is 57.5 Å². The minimum atomic E-state index is -5.01. The van der Waals surface area contributed by atoms with Crippen molar-refractivity contribution in [2.24, 2.45) is 5.92 Å². The summed E-state index contributed by atoms with van der Waals surface area (Å²) in [5.74, 6) is -2.76. The summed E-state index contributed by atoms with van der Waals surface area (Å²) in [6.45, 7) is -1.84. The molecule has 0 amide bonds. The molecule has 23 heteroatoms. The van der Waals surface area contributed by atoms with Gasteiger partial charge in [0.2, 0.25) is 0 Å². The van der Waals surface area contributed by atoms with E-state index in [4.69, 9.17) is 52.2 Å². The summed E-state index contributed by atoms with van der Waals surface area (Å²) in [5.41, 5.74) is 0. The van der Waals surface area contributed by atoms with Crippen LogP contribution in [0, 0.1) is 5.92 Å². The smallest absolute Gasteiger partial charge is 0.355 e. The molecule has 41 heavy (non-hydrogen) atoms. The van der Waals surface area contributed by atoms with Crippen LogP contribution in [-0.4, -0.2) is 139 Å². The topological polar surface area (TPSA) is 135 Å². The highest BCUT2D eigenvalue weighted by molar-refractivity contribution is 6.82. The summed E-state index contributed by atoms with van der Waals surface area (Å²) in [5, 5.41) is 4.95. The Labute approximate surface area is 242 Å². The molecular weight excluding hydrogens is 644 g/mol. The molecular formula is C18H43F5N2O12Si4. The maximum atomic E-state index is 13.8. The molecule has 0 saturated carbocycles. The van der Waals surface area contributed by atoms with E-state index in [1.165, 1.54) is 64.0 Å². The highest BCUT2D eigenvalue weighted by Crippen LogP contribution is 2.32. The fourth-order valence-corrected chi connectivity index (χ4v) is 15.8. The largest absolute Gasteiger partial charge is 0.671 e. The molecule has 0 rings (SSSR count). The van der Waals surface area contributed by atoms with E-state index in [0.29, 0.717) is 0 Å². The van der Waals surface area contributed by atoms with E-state index in [1.54, 1.807) is 0 Å². The molecule has 0 radical (unpaired) electrons. The lowest BCUT2D eigenvalue weighted by molar-refractivity contribution is -0.197. The summed E-state index contributed by atoms with van der Waals surface area (Å²) >= 11 is 0. The van der Waals surface area contributed by atoms with Gasteiger partial charge in [-0.3, -0.25) is 9.71 Å². The zero-order chi connectivity index (χ0) is 31.8. The highest BCUT2D eigenvalue weighted by Gasteiger charge is 2.66. The third kappa shape index (κ3) is 12.5. The first-order valence-corrected chi connectivity index (χ1v) is 18.9. The van der Waals surface area contributed by atoms with Gasteiger partial charge in [0, 0.05) is 83.1 Å². The second kappa shape index (κ2) is 19.4. The van der Waals surface area contributed by atoms with Gasteiger partial charge in [-0.05, 0) is 13.0 Å². The van der Waals surface area contributed by atoms with Crippen LogP contribution in [0.25, 0.3) is 0 Å². The molecule has 0 aliphatic rings. The van der Waals surface area contributed by atoms with Gasteiger partial charge >= 0.3 is 42.1 Å². The van der Waals surface area contributed by atoms with Gasteiger partial charge in [-0.25, -0.2) is 4.39 Å². The normalized spacial score (nSPS) is 15.4. The Morgan fingerprint density at radius 3 is 1.27 bits per heavy atom. The molecule has 0 spiro atoms. The third-order valence-corrected chi connectivity index (χ3v) is 17.7. The minimum absolute atomic E-state index is 0.0301. The summed E-state index contributed by atoms with van der Waals surface area (Å²) < 4.78 is 132. The fourth-order valence-electron chi connectivity index (χ4n) is 3.24. The molecule has 0 aliphatic heterocycles. The number of halogens is 5. The number of hydrogen-bond donors (Lipinski definition) is 2. The van der Waals surface area contributed by atoms with Gasteiger partial charge in [-0.1, -0.05) is 0 Å². The monoisotopic (exact) mass is 686 g/mol. The van der Waals surface area contributed by atoms with Crippen molar-refractivity contribution in [1.82, 2.24) is 10.6 Å². The van der Waals surface area contributed by atoms with E-state index in [-0.39, 0.29) is 32.1 Å². The first-order valence-electron chi connectivity index (χ1n) is 12.0. The zero-order valence-corrected chi connectivity index (χ0v) is 28.7. The van der Waals surface area contributed by atoms with Gasteiger partial charge in [-0.15, -0.1) is 0 Å². The van der Waals surface area contributed by atoms with Crippen LogP contribution in [0.15, 0.2) is 0 Å². The van der Waals surface area contributed by atoms with Crippen LogP contribution < -0.4 is 10.6 Å². The maximum Gasteiger partial charge on any atom is 0.671 e. The van der Waals surface area contributed by atoms with Crippen LogP contribution in [0.2, 0.25) is 6.04 Å². The molecule has 0 bridgehead atoms. The molecule has 2 N–H and O–H groups in total. The minimum Gasteiger partial charge on any atom is -0.355 e. The average Bonchev–Trinajstić information content (AvgIpc) is 2.97. The van der Waals surface area contributed by atoms with Crippen molar-refractivity contribution in [3.05, 3.63) is 0 Å². The number of hydrogen-bond acceptors (Lipinski definition) is 14. The lowest BCUT2D eigenvalue weighted by Gasteiger charge is -2.41. The Morgan fingerprint density at radius 2 is 0.976 bits per heavy atom. The molecule has 0 aromatic heterocycles. The maximum absolute atomic E-state index is 13.8. The molecule has 0 aromatic rings. The Bertz CT molecular complexity index is 621. The van der Waals surface area contributed by atoms with E-state index in [0.717, 1.165) is 0 Å². The summed E-state index contributed by atoms with van der Waals surface area (Å²) in [6, 6.07) is -0.0301. The summed E-state index contributed by atoms with van der Waals surface area (Å²) in [4.78, 5) is 0. The van der Waals surface area contributed by atoms with E-state index in [9.17, 15) is 22.0 Å². The Balaban J connectivity index is 5.92. The standard InChI is InChI=1S/C18H43F5N2O12Si4/c1-26-39(27-2,28-3)35-38(36-40(29-4,30-5)31-6,37-41(32-7,33-8)34-9)14-10-11-24-12-13-25-17(20)16(15-19)18(21,22)23/h16-17,24-25H,10-15H2,1-9H3. The second-order valence-electron chi connectivity index (χ2n) is 7.84. The Kier molecular flexibility index (Phi) is 19.3. The fraction of sp³-hybridized carbons (Fsp3) is 1.00. The molecule has 248 valence electrons. The van der Waals surface area contributed by atoms with Crippen LogP contribution in [-0.2, 0) is 52.2 Å². The SMILES string of the molecule is CO[Si](OC)(OC)O[Si](CCCNCCNC(F)C(CF)C(F)(F)F)(O[Si](OC)(OC)OC)O[Si](OC)(OC)OC. The first-order chi connectivity index (χ1) is 19.2. The number of alkyl halides is 5. The van der Waals surface area contributed by atoms with Crippen LogP contribution >= 0.6 is 0 Å². The van der Waals surface area contributed by atoms with Crippen LogP contribution in [0.5, 0.6) is 0 Å². The molecule has 2 atom stereocenters. The average molecular weight is 687 g/mol. The molecule has 0 saturated heterocycles. The molecule has 0 aliphatic carbocycles. The van der Waals surface area contributed by atoms with Crippen molar-refractivity contribution in [3.63, 3.8) is 0 Å². The van der Waals surface area contributed by atoms with Gasteiger partial charge in [0.25, 0.3) is 0 Å². The van der Waals surface area contributed by atoms with Crippen molar-refractivity contribution >= 4 is 35.9 Å². The van der Waals surface area contributed by atoms with E-state index >= 15 is 0 Å². The molecule has 14 nitrogen and oxygen atoms in total. The van der Waals surface area contributed by atoms with Crippen LogP contribution in [0.1, 0.15) is 6.42 Å². The molecule has 0 aromatic carbocycles. The quantitative estimate of drug-likeness (QED) is 0.0615. The predicted molar refractivity (Wildman–Crippen MR) is 140 cm³/mol. The van der Waals surface area contributed by atoms with E-state index < -0.39 is 61.0 Å². The lowest BCUT2D eigenvalue weighted by atomic mass is 10.1. The van der Waals surface area contributed by atoms with E-state index in [2.05, 4.69) is 5.32 Å². The van der Waals surface area contributed by atoms with Crippen molar-refractivity contribution in [2.45, 2.75) is 24.9 Å². The summed E-state index contributed by atoms with van der Waals surface area (Å²) in [7, 11) is -4.40. The number of rotatable bonds is 25. The zero-order valence-electron chi connectivity index (χ0n) is 24.7. The van der Waals surface area contributed by atoms with Crippen LogP contribution in [0.4, 0.5) is 22.0 Å². The first kappa shape index (κ1) is 41.0. The van der Waals surface area contributed by atoms with Crippen molar-refractivity contribution in [2.75, 3.05) is 90.3 Å². The van der Waals surface area contributed by atoms with Gasteiger partial charge in [0.15, 0.2) is 6.30 Å². The Hall–Kier alpha value is -0.0425. The highest BCUT2D eigenvalue weighted by atomic mass is 28.5. The summed E-state index contributed by atoms with van der Waals surface area (Å²) in [6.07, 6.45) is -7.38. The number of nitrogens with one attached hydrogen (secondary N) is 2. The molecule has 0 fully saturated rings.